The molecule has 0 aromatic carbocycles. The fourth-order valence-electron chi connectivity index (χ4n) is 2.92. The Morgan fingerprint density at radius 2 is 1.96 bits per heavy atom. The van der Waals surface area contributed by atoms with Crippen LogP contribution in [0.5, 0.6) is 0 Å². The number of nitrogens with zero attached hydrogens (tertiary/aromatic N) is 3. The first kappa shape index (κ1) is 18.6. The molecule has 5 nitrogen and oxygen atoms in total. The average Bonchev–Trinajstić information content (AvgIpc) is 3.11. The number of nitrogens with one attached hydrogen (secondary N) is 2. The van der Waals surface area contributed by atoms with Crippen molar-refractivity contribution in [3.8, 4) is 0 Å². The van der Waals surface area contributed by atoms with Gasteiger partial charge in [-0.05, 0) is 50.2 Å². The normalized spacial score (nSPS) is 16.5. The zero-order valence-electron chi connectivity index (χ0n) is 15.7. The lowest BCUT2D eigenvalue weighted by molar-refractivity contribution is 0.489. The predicted molar refractivity (Wildman–Crippen MR) is 103 cm³/mol. The summed E-state index contributed by atoms with van der Waals surface area (Å²) >= 11 is 0. The number of guanidine groups is 1. The van der Waals surface area contributed by atoms with Crippen LogP contribution >= 0.6 is 0 Å². The third kappa shape index (κ3) is 6.02. The number of anilines is 1. The Hall–Kier alpha value is -1.78. The summed E-state index contributed by atoms with van der Waals surface area (Å²) in [6.07, 6.45) is 6.91. The second kappa shape index (κ2) is 9.50. The zero-order valence-corrected chi connectivity index (χ0v) is 15.7. The van der Waals surface area contributed by atoms with Crippen LogP contribution in [0.4, 0.5) is 5.82 Å². The van der Waals surface area contributed by atoms with Gasteiger partial charge in [-0.1, -0.05) is 19.9 Å². The molecule has 1 unspecified atom stereocenters. The van der Waals surface area contributed by atoms with Crippen molar-refractivity contribution in [3.05, 3.63) is 23.9 Å². The van der Waals surface area contributed by atoms with E-state index in [-0.39, 0.29) is 0 Å². The Morgan fingerprint density at radius 3 is 2.54 bits per heavy atom. The van der Waals surface area contributed by atoms with Crippen LogP contribution in [-0.4, -0.2) is 37.1 Å². The number of aliphatic imine (C=N–C) groups is 1. The third-order valence-electron chi connectivity index (χ3n) is 4.48. The summed E-state index contributed by atoms with van der Waals surface area (Å²) in [5.41, 5.74) is 1.18. The van der Waals surface area contributed by atoms with Crippen LogP contribution in [0.25, 0.3) is 0 Å². The van der Waals surface area contributed by atoms with Gasteiger partial charge in [0.05, 0.1) is 0 Å². The Kier molecular flexibility index (Phi) is 7.35. The number of pyridine rings is 1. The minimum Gasteiger partial charge on any atom is -0.357 e. The molecule has 1 atom stereocenters. The van der Waals surface area contributed by atoms with E-state index in [9.17, 15) is 0 Å². The van der Waals surface area contributed by atoms with E-state index in [1.165, 1.54) is 24.8 Å². The standard InChI is InChI=1S/C19H33N5/c1-15(2)7-8-16(3)23-19(20-4)22-14-17-9-10-18(21-13-17)24-11-5-6-12-24/h9-10,13,15-16H,5-8,11-12,14H2,1-4H3,(H2,20,22,23). The molecule has 1 aromatic heterocycles. The molecule has 1 saturated heterocycles. The molecule has 134 valence electrons. The van der Waals surface area contributed by atoms with E-state index in [0.29, 0.717) is 6.04 Å². The highest BCUT2D eigenvalue weighted by atomic mass is 15.2. The van der Waals surface area contributed by atoms with E-state index in [1.807, 2.05) is 13.2 Å². The molecule has 0 bridgehead atoms. The van der Waals surface area contributed by atoms with Gasteiger partial charge in [0.1, 0.15) is 5.82 Å². The van der Waals surface area contributed by atoms with Gasteiger partial charge in [-0.25, -0.2) is 4.98 Å². The van der Waals surface area contributed by atoms with Crippen molar-refractivity contribution >= 4 is 11.8 Å². The number of hydrogen-bond acceptors (Lipinski definition) is 3. The van der Waals surface area contributed by atoms with Gasteiger partial charge in [0.25, 0.3) is 0 Å². The highest BCUT2D eigenvalue weighted by molar-refractivity contribution is 5.79. The summed E-state index contributed by atoms with van der Waals surface area (Å²) < 4.78 is 0. The molecule has 0 amide bonds. The lowest BCUT2D eigenvalue weighted by Crippen LogP contribution is -2.41. The van der Waals surface area contributed by atoms with Crippen molar-refractivity contribution in [3.63, 3.8) is 0 Å². The molecular weight excluding hydrogens is 298 g/mol. The highest BCUT2D eigenvalue weighted by Gasteiger charge is 2.13. The zero-order chi connectivity index (χ0) is 17.4. The van der Waals surface area contributed by atoms with E-state index in [2.05, 4.69) is 58.4 Å². The topological polar surface area (TPSA) is 52.6 Å². The van der Waals surface area contributed by atoms with E-state index in [1.54, 1.807) is 0 Å². The van der Waals surface area contributed by atoms with Crippen LogP contribution in [0.15, 0.2) is 23.3 Å². The van der Waals surface area contributed by atoms with Gasteiger partial charge in [-0.15, -0.1) is 0 Å². The van der Waals surface area contributed by atoms with Gasteiger partial charge in [0.2, 0.25) is 0 Å². The van der Waals surface area contributed by atoms with Crippen LogP contribution < -0.4 is 15.5 Å². The van der Waals surface area contributed by atoms with Crippen LogP contribution in [0.3, 0.4) is 0 Å². The van der Waals surface area contributed by atoms with Crippen LogP contribution in [0.2, 0.25) is 0 Å². The van der Waals surface area contributed by atoms with Gasteiger partial charge >= 0.3 is 0 Å². The van der Waals surface area contributed by atoms with Gasteiger partial charge in [-0.3, -0.25) is 4.99 Å². The van der Waals surface area contributed by atoms with Crippen LogP contribution in [-0.2, 0) is 6.54 Å². The molecule has 2 rings (SSSR count). The molecule has 0 radical (unpaired) electrons. The third-order valence-corrected chi connectivity index (χ3v) is 4.48. The molecule has 0 saturated carbocycles. The summed E-state index contributed by atoms with van der Waals surface area (Å²) in [5.74, 6) is 2.69. The molecular formula is C19H33N5. The molecule has 0 spiro atoms. The lowest BCUT2D eigenvalue weighted by atomic mass is 10.0. The van der Waals surface area contributed by atoms with Crippen molar-refractivity contribution in [2.75, 3.05) is 25.0 Å². The summed E-state index contributed by atoms with van der Waals surface area (Å²) in [4.78, 5) is 11.3. The van der Waals surface area contributed by atoms with Crippen molar-refractivity contribution in [1.29, 1.82) is 0 Å². The first-order valence-corrected chi connectivity index (χ1v) is 9.25. The molecule has 24 heavy (non-hydrogen) atoms. The first-order valence-electron chi connectivity index (χ1n) is 9.25. The second-order valence-corrected chi connectivity index (χ2v) is 7.16. The maximum absolute atomic E-state index is 4.60. The van der Waals surface area contributed by atoms with Gasteiger partial charge < -0.3 is 15.5 Å². The minimum absolute atomic E-state index is 0.425. The molecule has 1 fully saturated rings. The molecule has 2 N–H and O–H groups in total. The molecule has 2 heterocycles. The first-order chi connectivity index (χ1) is 11.6. The molecule has 1 aliphatic rings. The number of rotatable bonds is 7. The Labute approximate surface area is 147 Å². The lowest BCUT2D eigenvalue weighted by Gasteiger charge is -2.19. The Morgan fingerprint density at radius 1 is 1.21 bits per heavy atom. The summed E-state index contributed by atoms with van der Waals surface area (Å²) in [6, 6.07) is 4.71. The maximum atomic E-state index is 4.60. The van der Waals surface area contributed by atoms with E-state index in [0.717, 1.165) is 43.8 Å². The largest absolute Gasteiger partial charge is 0.357 e. The Bertz CT molecular complexity index is 503. The number of aromatic nitrogens is 1. The predicted octanol–water partition coefficient (Wildman–Crippen LogP) is 3.17. The van der Waals surface area contributed by atoms with E-state index >= 15 is 0 Å². The van der Waals surface area contributed by atoms with Gasteiger partial charge in [-0.2, -0.15) is 0 Å². The molecule has 0 aliphatic carbocycles. The maximum Gasteiger partial charge on any atom is 0.191 e. The van der Waals surface area contributed by atoms with Crippen LogP contribution in [0.1, 0.15) is 52.0 Å². The fraction of sp³-hybridized carbons (Fsp3) is 0.684. The van der Waals surface area contributed by atoms with E-state index in [4.69, 9.17) is 0 Å². The number of hydrogen-bond donors (Lipinski definition) is 2. The second-order valence-electron chi connectivity index (χ2n) is 7.16. The monoisotopic (exact) mass is 331 g/mol. The average molecular weight is 332 g/mol. The van der Waals surface area contributed by atoms with E-state index < -0.39 is 0 Å². The fourth-order valence-corrected chi connectivity index (χ4v) is 2.92. The van der Waals surface area contributed by atoms with Crippen LogP contribution in [0, 0.1) is 5.92 Å². The van der Waals surface area contributed by atoms with Crippen molar-refractivity contribution in [2.45, 2.75) is 59.0 Å². The van der Waals surface area contributed by atoms with Crippen molar-refractivity contribution in [2.24, 2.45) is 10.9 Å². The molecule has 1 aromatic rings. The van der Waals surface area contributed by atoms with Crippen molar-refractivity contribution < 1.29 is 0 Å². The van der Waals surface area contributed by atoms with Gasteiger partial charge in [0.15, 0.2) is 5.96 Å². The Balaban J connectivity index is 1.78. The quantitative estimate of drug-likeness (QED) is 0.595. The van der Waals surface area contributed by atoms with Gasteiger partial charge in [0, 0.05) is 38.9 Å². The molecule has 1 aliphatic heterocycles. The van der Waals surface area contributed by atoms with Crippen molar-refractivity contribution in [1.82, 2.24) is 15.6 Å². The summed E-state index contributed by atoms with van der Waals surface area (Å²) in [7, 11) is 1.82. The molecule has 5 heteroatoms. The minimum atomic E-state index is 0.425. The summed E-state index contributed by atoms with van der Waals surface area (Å²) in [5, 5.41) is 6.84. The highest BCUT2D eigenvalue weighted by Crippen LogP contribution is 2.17. The SMILES string of the molecule is CN=C(NCc1ccc(N2CCCC2)nc1)NC(C)CCC(C)C. The summed E-state index contributed by atoms with van der Waals surface area (Å²) in [6.45, 7) is 9.74. The smallest absolute Gasteiger partial charge is 0.191 e.